The molecule has 11 heavy (non-hydrogen) atoms. The molecule has 1 rings (SSSR count). The molecule has 1 aromatic rings. The van der Waals surface area contributed by atoms with E-state index in [9.17, 15) is 4.79 Å². The highest BCUT2D eigenvalue weighted by molar-refractivity contribution is 5.82. The minimum atomic E-state index is -1.20. The number of rotatable bonds is 1. The SMILES string of the molecule is N#Cc1cnc(C(=O)O)nc1. The van der Waals surface area contributed by atoms with Crippen LogP contribution in [0.3, 0.4) is 0 Å². The van der Waals surface area contributed by atoms with Gasteiger partial charge in [-0.05, 0) is 0 Å². The maximum absolute atomic E-state index is 10.2. The number of nitriles is 1. The van der Waals surface area contributed by atoms with Gasteiger partial charge in [0.25, 0.3) is 0 Å². The van der Waals surface area contributed by atoms with Crippen molar-refractivity contribution in [2.24, 2.45) is 0 Å². The Balaban J connectivity index is 3.03. The molecule has 0 bridgehead atoms. The third kappa shape index (κ3) is 1.49. The van der Waals surface area contributed by atoms with E-state index >= 15 is 0 Å². The van der Waals surface area contributed by atoms with E-state index in [0.717, 1.165) is 12.4 Å². The summed E-state index contributed by atoms with van der Waals surface area (Å²) in [5.74, 6) is -1.50. The van der Waals surface area contributed by atoms with Crippen molar-refractivity contribution in [3.8, 4) is 6.07 Å². The molecule has 0 aliphatic heterocycles. The fourth-order valence-electron chi connectivity index (χ4n) is 0.496. The molecule has 0 saturated carbocycles. The summed E-state index contributed by atoms with van der Waals surface area (Å²) in [5, 5.41) is 16.6. The van der Waals surface area contributed by atoms with Crippen LogP contribution in [0.5, 0.6) is 0 Å². The van der Waals surface area contributed by atoms with E-state index in [2.05, 4.69) is 9.97 Å². The van der Waals surface area contributed by atoms with Crippen molar-refractivity contribution in [3.05, 3.63) is 23.8 Å². The van der Waals surface area contributed by atoms with Crippen LogP contribution in [-0.4, -0.2) is 21.0 Å². The lowest BCUT2D eigenvalue weighted by molar-refractivity contribution is 0.0683. The van der Waals surface area contributed by atoms with Crippen LogP contribution < -0.4 is 0 Å². The summed E-state index contributed by atoms with van der Waals surface area (Å²) in [6.45, 7) is 0. The van der Waals surface area contributed by atoms with Gasteiger partial charge in [0, 0.05) is 12.4 Å². The molecule has 0 saturated heterocycles. The standard InChI is InChI=1S/C6H3N3O2/c7-1-4-2-8-5(6(10)11)9-3-4/h2-3H,(H,10,11). The maximum Gasteiger partial charge on any atom is 0.373 e. The van der Waals surface area contributed by atoms with Gasteiger partial charge >= 0.3 is 5.97 Å². The number of carbonyl (C=O) groups is 1. The molecule has 0 unspecified atom stereocenters. The van der Waals surface area contributed by atoms with Crippen LogP contribution in [0.1, 0.15) is 16.2 Å². The minimum Gasteiger partial charge on any atom is -0.475 e. The number of nitrogens with zero attached hydrogens (tertiary/aromatic N) is 3. The Morgan fingerprint density at radius 3 is 2.45 bits per heavy atom. The molecule has 54 valence electrons. The molecular weight excluding hydrogens is 146 g/mol. The van der Waals surface area contributed by atoms with E-state index in [1.54, 1.807) is 6.07 Å². The van der Waals surface area contributed by atoms with Crippen molar-refractivity contribution in [1.29, 1.82) is 5.26 Å². The molecule has 1 N–H and O–H groups in total. The Hall–Kier alpha value is -1.96. The summed E-state index contributed by atoms with van der Waals surface area (Å²) in [5.41, 5.74) is 0.245. The highest BCUT2D eigenvalue weighted by Gasteiger charge is 2.04. The van der Waals surface area contributed by atoms with Crippen LogP contribution in [0.4, 0.5) is 0 Å². The van der Waals surface area contributed by atoms with Crippen molar-refractivity contribution in [2.75, 3.05) is 0 Å². The van der Waals surface area contributed by atoms with Gasteiger partial charge in [-0.15, -0.1) is 0 Å². The van der Waals surface area contributed by atoms with Gasteiger partial charge in [0.1, 0.15) is 6.07 Å². The fraction of sp³-hybridized carbons (Fsp3) is 0. The van der Waals surface area contributed by atoms with Crippen molar-refractivity contribution in [3.63, 3.8) is 0 Å². The summed E-state index contributed by atoms with van der Waals surface area (Å²) >= 11 is 0. The number of aromatic carboxylic acids is 1. The van der Waals surface area contributed by atoms with Gasteiger partial charge < -0.3 is 5.11 Å². The van der Waals surface area contributed by atoms with Crippen molar-refractivity contribution in [1.82, 2.24) is 9.97 Å². The number of aromatic nitrogens is 2. The van der Waals surface area contributed by atoms with Crippen LogP contribution in [0.2, 0.25) is 0 Å². The number of carboxylic acid groups (broad SMARTS) is 1. The number of hydrogen-bond acceptors (Lipinski definition) is 4. The Morgan fingerprint density at radius 1 is 1.55 bits per heavy atom. The van der Waals surface area contributed by atoms with E-state index in [1.165, 1.54) is 0 Å². The van der Waals surface area contributed by atoms with Crippen LogP contribution in [0.25, 0.3) is 0 Å². The highest BCUT2D eigenvalue weighted by atomic mass is 16.4. The second kappa shape index (κ2) is 2.75. The van der Waals surface area contributed by atoms with Crippen molar-refractivity contribution in [2.45, 2.75) is 0 Å². The summed E-state index contributed by atoms with van der Waals surface area (Å²) in [6, 6.07) is 1.78. The van der Waals surface area contributed by atoms with E-state index in [1.807, 2.05) is 0 Å². The van der Waals surface area contributed by atoms with Gasteiger partial charge in [-0.3, -0.25) is 0 Å². The predicted octanol–water partition coefficient (Wildman–Crippen LogP) is 0.0465. The van der Waals surface area contributed by atoms with Gasteiger partial charge in [-0.25, -0.2) is 14.8 Å². The molecular formula is C6H3N3O2. The zero-order valence-corrected chi connectivity index (χ0v) is 5.35. The van der Waals surface area contributed by atoms with Gasteiger partial charge in [0.15, 0.2) is 0 Å². The molecule has 0 atom stereocenters. The van der Waals surface area contributed by atoms with Crippen LogP contribution >= 0.6 is 0 Å². The van der Waals surface area contributed by atoms with Gasteiger partial charge in [-0.1, -0.05) is 0 Å². The van der Waals surface area contributed by atoms with Gasteiger partial charge in [-0.2, -0.15) is 5.26 Å². The Kier molecular flexibility index (Phi) is 1.79. The van der Waals surface area contributed by atoms with Crippen molar-refractivity contribution < 1.29 is 9.90 Å². The van der Waals surface area contributed by atoms with Crippen LogP contribution in [-0.2, 0) is 0 Å². The maximum atomic E-state index is 10.2. The zero-order valence-electron chi connectivity index (χ0n) is 5.35. The van der Waals surface area contributed by atoms with E-state index in [0.29, 0.717) is 0 Å². The molecule has 1 aromatic heterocycles. The van der Waals surface area contributed by atoms with Crippen molar-refractivity contribution >= 4 is 5.97 Å². The molecule has 5 heteroatoms. The van der Waals surface area contributed by atoms with Crippen LogP contribution in [0.15, 0.2) is 12.4 Å². The fourth-order valence-corrected chi connectivity index (χ4v) is 0.496. The average molecular weight is 149 g/mol. The Labute approximate surface area is 61.9 Å². The molecule has 0 spiro atoms. The minimum absolute atomic E-state index is 0.245. The average Bonchev–Trinajstić information content (AvgIpc) is 2.05. The zero-order chi connectivity index (χ0) is 8.27. The lowest BCUT2D eigenvalue weighted by Gasteiger charge is -1.89. The largest absolute Gasteiger partial charge is 0.475 e. The topological polar surface area (TPSA) is 86.9 Å². The second-order valence-corrected chi connectivity index (χ2v) is 1.71. The lowest BCUT2D eigenvalue weighted by atomic mass is 10.4. The monoisotopic (exact) mass is 149 g/mol. The molecule has 1 heterocycles. The first-order chi connectivity index (χ1) is 5.24. The quantitative estimate of drug-likeness (QED) is 0.609. The Bertz CT molecular complexity index is 312. The molecule has 0 amide bonds. The number of carboxylic acids is 1. The van der Waals surface area contributed by atoms with Gasteiger partial charge in [0.05, 0.1) is 5.56 Å². The van der Waals surface area contributed by atoms with E-state index < -0.39 is 5.97 Å². The molecule has 0 fully saturated rings. The molecule has 0 aromatic carbocycles. The number of hydrogen-bond donors (Lipinski definition) is 1. The Morgan fingerprint density at radius 2 is 2.09 bits per heavy atom. The smallest absolute Gasteiger partial charge is 0.373 e. The summed E-state index contributed by atoms with van der Waals surface area (Å²) in [7, 11) is 0. The summed E-state index contributed by atoms with van der Waals surface area (Å²) < 4.78 is 0. The molecule has 0 radical (unpaired) electrons. The lowest BCUT2D eigenvalue weighted by Crippen LogP contribution is -2.03. The molecule has 0 aliphatic rings. The normalized spacial score (nSPS) is 8.64. The highest BCUT2D eigenvalue weighted by Crippen LogP contribution is 1.92. The van der Waals surface area contributed by atoms with Crippen LogP contribution in [0, 0.1) is 11.3 Å². The predicted molar refractivity (Wildman–Crippen MR) is 33.7 cm³/mol. The van der Waals surface area contributed by atoms with Gasteiger partial charge in [0.2, 0.25) is 5.82 Å². The molecule has 5 nitrogen and oxygen atoms in total. The third-order valence-corrected chi connectivity index (χ3v) is 0.972. The first-order valence-electron chi connectivity index (χ1n) is 2.69. The summed E-state index contributed by atoms with van der Waals surface area (Å²) in [6.07, 6.45) is 2.33. The van der Waals surface area contributed by atoms with E-state index in [4.69, 9.17) is 10.4 Å². The first-order valence-corrected chi connectivity index (χ1v) is 2.69. The third-order valence-electron chi connectivity index (χ3n) is 0.972. The second-order valence-electron chi connectivity index (χ2n) is 1.71. The van der Waals surface area contributed by atoms with E-state index in [-0.39, 0.29) is 11.4 Å². The summed E-state index contributed by atoms with van der Waals surface area (Å²) in [4.78, 5) is 17.0. The first kappa shape index (κ1) is 7.15. The molecule has 0 aliphatic carbocycles.